The Kier molecular flexibility index (Phi) is 5.30. The molecule has 30 heavy (non-hydrogen) atoms. The minimum absolute atomic E-state index is 0.132. The molecule has 2 aromatic rings. The lowest BCUT2D eigenvalue weighted by Crippen LogP contribution is -2.51. The van der Waals surface area contributed by atoms with Crippen LogP contribution in [-0.4, -0.2) is 60.4 Å². The van der Waals surface area contributed by atoms with E-state index in [0.717, 1.165) is 92.6 Å². The Morgan fingerprint density at radius 3 is 2.43 bits per heavy atom. The summed E-state index contributed by atoms with van der Waals surface area (Å²) in [6.45, 7) is 4.49. The maximum Gasteiger partial charge on any atom is 0.254 e. The fourth-order valence-corrected chi connectivity index (χ4v) is 5.04. The van der Waals surface area contributed by atoms with E-state index in [9.17, 15) is 9.59 Å². The quantitative estimate of drug-likeness (QED) is 0.855. The molecule has 2 fully saturated rings. The number of fused-ring (bicyclic) bond motifs is 1. The van der Waals surface area contributed by atoms with Crippen LogP contribution in [-0.2, 0) is 6.42 Å². The second-order valence-corrected chi connectivity index (χ2v) is 8.70. The molecular weight excluding hydrogens is 374 g/mol. The Labute approximate surface area is 178 Å². The van der Waals surface area contributed by atoms with Gasteiger partial charge in [-0.2, -0.15) is 0 Å². The molecule has 1 N–H and O–H groups in total. The van der Waals surface area contributed by atoms with Crippen molar-refractivity contribution in [3.63, 3.8) is 0 Å². The summed E-state index contributed by atoms with van der Waals surface area (Å²) in [7, 11) is 0. The first kappa shape index (κ1) is 19.3. The van der Waals surface area contributed by atoms with Crippen molar-refractivity contribution in [2.24, 2.45) is 0 Å². The lowest BCUT2D eigenvalue weighted by atomic mass is 9.92. The van der Waals surface area contributed by atoms with Gasteiger partial charge in [-0.15, -0.1) is 0 Å². The molecule has 5 heteroatoms. The van der Waals surface area contributed by atoms with Crippen LogP contribution in [0.25, 0.3) is 11.1 Å². The van der Waals surface area contributed by atoms with Crippen LogP contribution in [0, 0.1) is 0 Å². The van der Waals surface area contributed by atoms with Crippen molar-refractivity contribution in [2.45, 2.75) is 38.1 Å². The molecule has 3 aliphatic rings. The van der Waals surface area contributed by atoms with E-state index >= 15 is 0 Å². The maximum atomic E-state index is 13.1. The van der Waals surface area contributed by atoms with E-state index < -0.39 is 0 Å². The monoisotopic (exact) mass is 403 g/mol. The fraction of sp³-hybridized carbons (Fsp3) is 0.440. The number of piperidine rings is 1. The van der Waals surface area contributed by atoms with Crippen LogP contribution >= 0.6 is 0 Å². The molecule has 3 aliphatic heterocycles. The minimum Gasteiger partial charge on any atom is -0.339 e. The zero-order valence-electron chi connectivity index (χ0n) is 17.4. The van der Waals surface area contributed by atoms with Crippen LogP contribution in [0.1, 0.15) is 52.0 Å². The number of likely N-dealkylation sites (tertiary alicyclic amines) is 1. The fourth-order valence-electron chi connectivity index (χ4n) is 5.04. The molecule has 0 aromatic heterocycles. The molecule has 0 radical (unpaired) electrons. The molecular formula is C25H29N3O2. The number of hydrogen-bond donors (Lipinski definition) is 1. The van der Waals surface area contributed by atoms with Crippen molar-refractivity contribution in [3.05, 3.63) is 59.2 Å². The average molecular weight is 404 g/mol. The third-order valence-corrected chi connectivity index (χ3v) is 6.79. The van der Waals surface area contributed by atoms with Crippen molar-refractivity contribution in [2.75, 3.05) is 32.7 Å². The molecule has 0 aliphatic carbocycles. The topological polar surface area (TPSA) is 52.7 Å². The predicted octanol–water partition coefficient (Wildman–Crippen LogP) is 3.34. The molecule has 5 rings (SSSR count). The zero-order chi connectivity index (χ0) is 20.5. The number of amides is 2. The van der Waals surface area contributed by atoms with Crippen molar-refractivity contribution < 1.29 is 9.59 Å². The van der Waals surface area contributed by atoms with E-state index in [1.165, 1.54) is 0 Å². The van der Waals surface area contributed by atoms with E-state index in [0.29, 0.717) is 6.04 Å². The Morgan fingerprint density at radius 1 is 0.933 bits per heavy atom. The molecule has 1 atom stereocenters. The molecule has 5 nitrogen and oxygen atoms in total. The summed E-state index contributed by atoms with van der Waals surface area (Å²) in [5, 5.41) is 3.42. The van der Waals surface area contributed by atoms with Crippen LogP contribution < -0.4 is 5.32 Å². The van der Waals surface area contributed by atoms with E-state index in [1.807, 2.05) is 41.3 Å². The summed E-state index contributed by atoms with van der Waals surface area (Å²) in [6.07, 6.45) is 5.33. The smallest absolute Gasteiger partial charge is 0.254 e. The summed E-state index contributed by atoms with van der Waals surface area (Å²) in [6, 6.07) is 14.4. The van der Waals surface area contributed by atoms with Gasteiger partial charge in [-0.05, 0) is 73.5 Å². The first-order valence-corrected chi connectivity index (χ1v) is 11.2. The third kappa shape index (κ3) is 3.63. The van der Waals surface area contributed by atoms with Gasteiger partial charge in [0.15, 0.2) is 0 Å². The molecule has 2 amide bonds. The standard InChI is InChI=1S/C25H29N3O2/c29-24(27-13-1-2-14-27)19-7-5-18(6-8-19)20-9-10-23-21(16-20)11-15-28(25(23)30)22-4-3-12-26-17-22/h5-10,16,22,26H,1-4,11-15,17H2. The molecule has 0 bridgehead atoms. The Hall–Kier alpha value is -2.66. The van der Waals surface area contributed by atoms with Crippen molar-refractivity contribution >= 4 is 11.8 Å². The van der Waals surface area contributed by atoms with Gasteiger partial charge in [0.2, 0.25) is 0 Å². The highest BCUT2D eigenvalue weighted by atomic mass is 16.2. The first-order valence-electron chi connectivity index (χ1n) is 11.2. The second-order valence-electron chi connectivity index (χ2n) is 8.70. The number of carbonyl (C=O) groups excluding carboxylic acids is 2. The Bertz CT molecular complexity index is 941. The molecule has 1 unspecified atom stereocenters. The summed E-state index contributed by atoms with van der Waals surface area (Å²) in [4.78, 5) is 29.6. The molecule has 0 saturated carbocycles. The van der Waals surface area contributed by atoms with Gasteiger partial charge in [0.05, 0.1) is 0 Å². The minimum atomic E-state index is 0.132. The summed E-state index contributed by atoms with van der Waals surface area (Å²) >= 11 is 0. The van der Waals surface area contributed by atoms with Gasteiger partial charge in [0.25, 0.3) is 11.8 Å². The van der Waals surface area contributed by atoms with Gasteiger partial charge in [-0.25, -0.2) is 0 Å². The number of carbonyl (C=O) groups is 2. The molecule has 2 aromatic carbocycles. The van der Waals surface area contributed by atoms with Crippen LogP contribution in [0.2, 0.25) is 0 Å². The summed E-state index contributed by atoms with van der Waals surface area (Å²) < 4.78 is 0. The number of nitrogens with zero attached hydrogens (tertiary/aromatic N) is 2. The third-order valence-electron chi connectivity index (χ3n) is 6.79. The summed E-state index contributed by atoms with van der Waals surface area (Å²) in [5.41, 5.74) is 4.92. The molecule has 156 valence electrons. The largest absolute Gasteiger partial charge is 0.339 e. The van der Waals surface area contributed by atoms with Crippen molar-refractivity contribution in [1.29, 1.82) is 0 Å². The maximum absolute atomic E-state index is 13.1. The van der Waals surface area contributed by atoms with Gasteiger partial charge >= 0.3 is 0 Å². The van der Waals surface area contributed by atoms with Gasteiger partial charge in [0, 0.05) is 43.3 Å². The van der Waals surface area contributed by atoms with Gasteiger partial charge < -0.3 is 15.1 Å². The van der Waals surface area contributed by atoms with Gasteiger partial charge in [-0.3, -0.25) is 9.59 Å². The number of nitrogens with one attached hydrogen (secondary N) is 1. The zero-order valence-corrected chi connectivity index (χ0v) is 17.4. The van der Waals surface area contributed by atoms with Crippen LogP contribution in [0.15, 0.2) is 42.5 Å². The van der Waals surface area contributed by atoms with Gasteiger partial charge in [0.1, 0.15) is 0 Å². The normalized spacial score (nSPS) is 21.6. The van der Waals surface area contributed by atoms with E-state index in [1.54, 1.807) is 0 Å². The number of rotatable bonds is 3. The number of benzene rings is 2. The van der Waals surface area contributed by atoms with Crippen molar-refractivity contribution in [3.8, 4) is 11.1 Å². The average Bonchev–Trinajstić information content (AvgIpc) is 3.34. The van der Waals surface area contributed by atoms with E-state index in [2.05, 4.69) is 16.3 Å². The Balaban J connectivity index is 1.33. The lowest BCUT2D eigenvalue weighted by molar-refractivity contribution is 0.0630. The first-order chi connectivity index (χ1) is 14.7. The predicted molar refractivity (Wildman–Crippen MR) is 118 cm³/mol. The highest BCUT2D eigenvalue weighted by Gasteiger charge is 2.30. The van der Waals surface area contributed by atoms with Crippen molar-refractivity contribution in [1.82, 2.24) is 15.1 Å². The van der Waals surface area contributed by atoms with Gasteiger partial charge in [-0.1, -0.05) is 24.3 Å². The lowest BCUT2D eigenvalue weighted by Gasteiger charge is -2.37. The van der Waals surface area contributed by atoms with E-state index in [-0.39, 0.29) is 11.8 Å². The SMILES string of the molecule is O=C(c1ccc(-c2ccc3c(c2)CCN(C2CCCNC2)C3=O)cc1)N1CCCC1. The van der Waals surface area contributed by atoms with E-state index in [4.69, 9.17) is 0 Å². The highest BCUT2D eigenvalue weighted by molar-refractivity contribution is 5.98. The molecule has 0 spiro atoms. The Morgan fingerprint density at radius 2 is 1.70 bits per heavy atom. The van der Waals surface area contributed by atoms with Crippen LogP contribution in [0.3, 0.4) is 0 Å². The second kappa shape index (κ2) is 8.23. The summed E-state index contributed by atoms with van der Waals surface area (Å²) in [5.74, 6) is 0.301. The molecule has 2 saturated heterocycles. The highest BCUT2D eigenvalue weighted by Crippen LogP contribution is 2.28. The van der Waals surface area contributed by atoms with Crippen LogP contribution in [0.4, 0.5) is 0 Å². The number of hydrogen-bond acceptors (Lipinski definition) is 3. The molecule has 3 heterocycles. The van der Waals surface area contributed by atoms with Crippen LogP contribution in [0.5, 0.6) is 0 Å².